The Bertz CT molecular complexity index is 1090. The summed E-state index contributed by atoms with van der Waals surface area (Å²) >= 11 is 0. The number of rotatable bonds is 6. The van der Waals surface area contributed by atoms with Crippen molar-refractivity contribution in [1.29, 1.82) is 0 Å². The highest BCUT2D eigenvalue weighted by molar-refractivity contribution is 6.03. The third-order valence-corrected chi connectivity index (χ3v) is 5.51. The number of nitrogens with zero attached hydrogens (tertiary/aromatic N) is 3. The largest absolute Gasteiger partial charge is 0.366 e. The number of hydrogen-bond acceptors (Lipinski definition) is 6. The number of piperidine rings is 1. The molecule has 0 aliphatic carbocycles. The van der Waals surface area contributed by atoms with Crippen LogP contribution < -0.4 is 11.1 Å². The lowest BCUT2D eigenvalue weighted by molar-refractivity contribution is -0.121. The van der Waals surface area contributed by atoms with Crippen LogP contribution in [0.15, 0.2) is 53.1 Å². The summed E-state index contributed by atoms with van der Waals surface area (Å²) in [5.41, 5.74) is 8.23. The van der Waals surface area contributed by atoms with Gasteiger partial charge in [-0.25, -0.2) is 0 Å². The minimum atomic E-state index is -0.560. The molecule has 1 fully saturated rings. The molecule has 3 aromatic rings. The molecule has 0 bridgehead atoms. The molecule has 2 aromatic carbocycles. The van der Waals surface area contributed by atoms with E-state index in [0.717, 1.165) is 24.2 Å². The zero-order valence-electron chi connectivity index (χ0n) is 17.4. The molecule has 160 valence electrons. The second-order valence-electron chi connectivity index (χ2n) is 7.83. The molecule has 8 nitrogen and oxygen atoms in total. The van der Waals surface area contributed by atoms with Crippen molar-refractivity contribution in [3.63, 3.8) is 0 Å². The molecule has 0 radical (unpaired) electrons. The van der Waals surface area contributed by atoms with Gasteiger partial charge in [-0.05, 0) is 51.1 Å². The predicted octanol–water partition coefficient (Wildman–Crippen LogP) is 2.99. The van der Waals surface area contributed by atoms with Crippen LogP contribution in [0.2, 0.25) is 0 Å². The smallest absolute Gasteiger partial charge is 0.250 e. The first kappa shape index (κ1) is 20.7. The van der Waals surface area contributed by atoms with Crippen LogP contribution in [0.25, 0.3) is 11.4 Å². The van der Waals surface area contributed by atoms with Crippen LogP contribution in [0.1, 0.15) is 34.7 Å². The summed E-state index contributed by atoms with van der Waals surface area (Å²) in [6, 6.07) is 14.8. The van der Waals surface area contributed by atoms with Crippen LogP contribution in [0.3, 0.4) is 0 Å². The molecule has 8 heteroatoms. The third kappa shape index (κ3) is 4.97. The lowest BCUT2D eigenvalue weighted by Crippen LogP contribution is -2.38. The van der Waals surface area contributed by atoms with Gasteiger partial charge in [0.15, 0.2) is 0 Å². The van der Waals surface area contributed by atoms with E-state index in [-0.39, 0.29) is 11.8 Å². The quantitative estimate of drug-likeness (QED) is 0.635. The van der Waals surface area contributed by atoms with Crippen LogP contribution >= 0.6 is 0 Å². The van der Waals surface area contributed by atoms with Crippen molar-refractivity contribution >= 4 is 17.5 Å². The monoisotopic (exact) mass is 419 g/mol. The molecule has 1 saturated heterocycles. The van der Waals surface area contributed by atoms with Crippen molar-refractivity contribution in [3.8, 4) is 11.4 Å². The molecule has 2 heterocycles. The molecular formula is C23H25N5O3. The third-order valence-electron chi connectivity index (χ3n) is 5.51. The van der Waals surface area contributed by atoms with Gasteiger partial charge in [0.05, 0.1) is 17.8 Å². The van der Waals surface area contributed by atoms with Gasteiger partial charge in [-0.2, -0.15) is 4.98 Å². The Morgan fingerprint density at radius 3 is 2.68 bits per heavy atom. The Morgan fingerprint density at radius 2 is 1.94 bits per heavy atom. The van der Waals surface area contributed by atoms with Gasteiger partial charge in [-0.3, -0.25) is 14.5 Å². The number of carbonyl (C=O) groups excluding carboxylic acids is 2. The number of hydrogen-bond donors (Lipinski definition) is 2. The van der Waals surface area contributed by atoms with E-state index in [0.29, 0.717) is 42.4 Å². The fourth-order valence-electron chi connectivity index (χ4n) is 3.81. The van der Waals surface area contributed by atoms with E-state index >= 15 is 0 Å². The highest BCUT2D eigenvalue weighted by Gasteiger charge is 2.26. The van der Waals surface area contributed by atoms with Gasteiger partial charge >= 0.3 is 0 Å². The normalized spacial score (nSPS) is 15.0. The van der Waals surface area contributed by atoms with Crippen LogP contribution in [0.5, 0.6) is 0 Å². The van der Waals surface area contributed by atoms with Crippen LogP contribution in [-0.2, 0) is 11.3 Å². The fourth-order valence-corrected chi connectivity index (χ4v) is 3.81. The number of anilines is 1. The van der Waals surface area contributed by atoms with Gasteiger partial charge < -0.3 is 15.6 Å². The topological polar surface area (TPSA) is 114 Å². The number of likely N-dealkylation sites (tertiary alicyclic amines) is 1. The number of carbonyl (C=O) groups is 2. The van der Waals surface area contributed by atoms with Crippen molar-refractivity contribution in [2.75, 3.05) is 18.4 Å². The summed E-state index contributed by atoms with van der Waals surface area (Å²) in [5.74, 6) is 0.377. The molecular weight excluding hydrogens is 394 g/mol. The Kier molecular flexibility index (Phi) is 6.08. The number of aromatic nitrogens is 2. The highest BCUT2D eigenvalue weighted by Crippen LogP contribution is 2.23. The first-order chi connectivity index (χ1) is 15.0. The summed E-state index contributed by atoms with van der Waals surface area (Å²) < 4.78 is 5.42. The summed E-state index contributed by atoms with van der Waals surface area (Å²) in [5, 5.41) is 6.94. The maximum absolute atomic E-state index is 12.7. The maximum Gasteiger partial charge on any atom is 0.250 e. The van der Waals surface area contributed by atoms with Crippen molar-refractivity contribution in [2.24, 2.45) is 11.7 Å². The van der Waals surface area contributed by atoms with E-state index in [4.69, 9.17) is 10.3 Å². The SMILES string of the molecule is Cc1cccc(-c2noc(CN3CCC(C(=O)Nc4ccccc4C(N)=O)CC3)n2)c1. The van der Waals surface area contributed by atoms with E-state index in [1.54, 1.807) is 24.3 Å². The molecule has 3 N–H and O–H groups in total. The predicted molar refractivity (Wildman–Crippen MR) is 116 cm³/mol. The van der Waals surface area contributed by atoms with Crippen molar-refractivity contribution in [2.45, 2.75) is 26.3 Å². The summed E-state index contributed by atoms with van der Waals surface area (Å²) in [4.78, 5) is 30.9. The van der Waals surface area contributed by atoms with Crippen molar-refractivity contribution in [3.05, 3.63) is 65.5 Å². The van der Waals surface area contributed by atoms with Crippen LogP contribution in [-0.4, -0.2) is 39.9 Å². The summed E-state index contributed by atoms with van der Waals surface area (Å²) in [6.45, 7) is 4.07. The second kappa shape index (κ2) is 9.09. The van der Waals surface area contributed by atoms with E-state index in [2.05, 4.69) is 20.4 Å². The molecule has 31 heavy (non-hydrogen) atoms. The molecule has 1 aliphatic heterocycles. The van der Waals surface area contributed by atoms with Gasteiger partial charge in [0.25, 0.3) is 5.91 Å². The fraction of sp³-hybridized carbons (Fsp3) is 0.304. The summed E-state index contributed by atoms with van der Waals surface area (Å²) in [7, 11) is 0. The molecule has 2 amide bonds. The average molecular weight is 419 g/mol. The maximum atomic E-state index is 12.7. The molecule has 1 aromatic heterocycles. The van der Waals surface area contributed by atoms with E-state index in [1.165, 1.54) is 0 Å². The number of nitrogens with one attached hydrogen (secondary N) is 1. The minimum Gasteiger partial charge on any atom is -0.366 e. The number of para-hydroxylation sites is 1. The number of amides is 2. The molecule has 1 aliphatic rings. The standard InChI is InChI=1S/C23H25N5O3/c1-15-5-4-6-17(13-15)22-26-20(31-27-22)14-28-11-9-16(10-12-28)23(30)25-19-8-3-2-7-18(19)21(24)29/h2-8,13,16H,9-12,14H2,1H3,(H2,24,29)(H,25,30). The van der Waals surface area contributed by atoms with Crippen molar-refractivity contribution in [1.82, 2.24) is 15.0 Å². The van der Waals surface area contributed by atoms with Gasteiger partial charge in [-0.1, -0.05) is 41.1 Å². The Morgan fingerprint density at radius 1 is 1.16 bits per heavy atom. The number of benzene rings is 2. The van der Waals surface area contributed by atoms with Gasteiger partial charge in [0, 0.05) is 11.5 Å². The number of primary amides is 1. The van der Waals surface area contributed by atoms with Gasteiger partial charge in [0.2, 0.25) is 17.6 Å². The van der Waals surface area contributed by atoms with Crippen LogP contribution in [0, 0.1) is 12.8 Å². The van der Waals surface area contributed by atoms with Crippen molar-refractivity contribution < 1.29 is 14.1 Å². The number of aryl methyl sites for hydroxylation is 1. The van der Waals surface area contributed by atoms with Crippen LogP contribution in [0.4, 0.5) is 5.69 Å². The Balaban J connectivity index is 1.31. The Hall–Kier alpha value is -3.52. The van der Waals surface area contributed by atoms with Gasteiger partial charge in [0.1, 0.15) is 0 Å². The molecule has 0 unspecified atom stereocenters. The first-order valence-electron chi connectivity index (χ1n) is 10.3. The molecule has 4 rings (SSSR count). The van der Waals surface area contributed by atoms with Gasteiger partial charge in [-0.15, -0.1) is 0 Å². The zero-order valence-corrected chi connectivity index (χ0v) is 17.4. The first-order valence-corrected chi connectivity index (χ1v) is 10.3. The highest BCUT2D eigenvalue weighted by atomic mass is 16.5. The molecule has 0 saturated carbocycles. The lowest BCUT2D eigenvalue weighted by Gasteiger charge is -2.30. The van der Waals surface area contributed by atoms with E-state index in [1.807, 2.05) is 31.2 Å². The second-order valence-corrected chi connectivity index (χ2v) is 7.83. The zero-order chi connectivity index (χ0) is 21.8. The number of nitrogens with two attached hydrogens (primary N) is 1. The van der Waals surface area contributed by atoms with E-state index < -0.39 is 5.91 Å². The Labute approximate surface area is 180 Å². The molecule has 0 spiro atoms. The average Bonchev–Trinajstić information content (AvgIpc) is 3.23. The lowest BCUT2D eigenvalue weighted by atomic mass is 9.95. The summed E-state index contributed by atoms with van der Waals surface area (Å²) in [6.07, 6.45) is 1.42. The van der Waals surface area contributed by atoms with E-state index in [9.17, 15) is 9.59 Å². The minimum absolute atomic E-state index is 0.0899. The molecule has 0 atom stereocenters.